The first-order chi connectivity index (χ1) is 21.4. The van der Waals surface area contributed by atoms with Crippen molar-refractivity contribution in [2.75, 3.05) is 0 Å². The Balaban J connectivity index is 1.57. The number of para-hydroxylation sites is 1. The maximum atomic E-state index is 8.83. The Bertz CT molecular complexity index is 2360. The Morgan fingerprint density at radius 2 is 0.974 bits per heavy atom. The van der Waals surface area contributed by atoms with E-state index in [1.807, 2.05) is 48.5 Å². The summed E-state index contributed by atoms with van der Waals surface area (Å²) in [6.07, 6.45) is 0. The monoisotopic (exact) mass is 501 g/mol. The lowest BCUT2D eigenvalue weighted by Crippen LogP contribution is -1.91. The maximum Gasteiger partial charge on any atom is 0.143 e. The number of hydrogen-bond acceptors (Lipinski definition) is 1. The molecule has 0 saturated carbocycles. The standard InChI is InChI=1S/C38H24O/c1-3-13-25(14-4-1)33-23-27(24-34-28-17-11-12-22-35(28)39-38(33)34)37-31-20-9-7-18-29(31)36(26-15-5-2-6-16-26)30-19-8-10-21-32(30)37/h1-24H/i1D,3D,4D,13D,14D. The normalized spacial score (nSPS) is 13.4. The average molecular weight is 502 g/mol. The van der Waals surface area contributed by atoms with Gasteiger partial charge >= 0.3 is 0 Å². The third-order valence-corrected chi connectivity index (χ3v) is 7.53. The molecule has 1 heterocycles. The van der Waals surface area contributed by atoms with Crippen molar-refractivity contribution in [2.24, 2.45) is 0 Å². The molecule has 0 bridgehead atoms. The first-order valence-electron chi connectivity index (χ1n) is 15.5. The quantitative estimate of drug-likeness (QED) is 0.219. The largest absolute Gasteiger partial charge is 0.455 e. The highest BCUT2D eigenvalue weighted by atomic mass is 16.3. The van der Waals surface area contributed by atoms with Crippen LogP contribution in [0, 0.1) is 0 Å². The third-order valence-electron chi connectivity index (χ3n) is 7.53. The first kappa shape index (κ1) is 17.4. The lowest BCUT2D eigenvalue weighted by Gasteiger charge is -2.18. The summed E-state index contributed by atoms with van der Waals surface area (Å²) in [5, 5.41) is 6.05. The number of hydrogen-bond donors (Lipinski definition) is 0. The van der Waals surface area contributed by atoms with Crippen LogP contribution in [0.3, 0.4) is 0 Å². The van der Waals surface area contributed by atoms with Gasteiger partial charge in [-0.2, -0.15) is 0 Å². The summed E-state index contributed by atoms with van der Waals surface area (Å²) in [5.74, 6) is 0. The molecule has 0 N–H and O–H groups in total. The summed E-state index contributed by atoms with van der Waals surface area (Å²) in [4.78, 5) is 0. The van der Waals surface area contributed by atoms with Gasteiger partial charge in [0.25, 0.3) is 0 Å². The van der Waals surface area contributed by atoms with Gasteiger partial charge in [0, 0.05) is 16.3 Å². The minimum absolute atomic E-state index is 0.122. The molecule has 1 nitrogen and oxygen atoms in total. The van der Waals surface area contributed by atoms with Crippen molar-refractivity contribution in [3.63, 3.8) is 0 Å². The topological polar surface area (TPSA) is 13.1 Å². The highest BCUT2D eigenvalue weighted by Crippen LogP contribution is 2.46. The van der Waals surface area contributed by atoms with E-state index in [2.05, 4.69) is 66.7 Å². The second-order valence-electron chi connectivity index (χ2n) is 9.71. The SMILES string of the molecule is [2H]c1c([2H])c([2H])c(-c2cc(-c3c4ccccc4c(-c4ccccc4)c4ccccc34)cc3c2oc2ccccc23)c([2H])c1[2H]. The van der Waals surface area contributed by atoms with E-state index in [0.29, 0.717) is 16.7 Å². The van der Waals surface area contributed by atoms with Crippen LogP contribution in [-0.2, 0) is 0 Å². The Morgan fingerprint density at radius 1 is 0.436 bits per heavy atom. The van der Waals surface area contributed by atoms with E-state index >= 15 is 0 Å². The molecule has 7 aromatic carbocycles. The van der Waals surface area contributed by atoms with Crippen LogP contribution in [0.1, 0.15) is 6.85 Å². The lowest BCUT2D eigenvalue weighted by atomic mass is 9.85. The zero-order valence-corrected chi connectivity index (χ0v) is 20.9. The Hall–Kier alpha value is -5.14. The number of fused-ring (bicyclic) bond motifs is 5. The fourth-order valence-electron chi connectivity index (χ4n) is 5.90. The van der Waals surface area contributed by atoms with Gasteiger partial charge in [-0.05, 0) is 67.6 Å². The molecule has 0 unspecified atom stereocenters. The van der Waals surface area contributed by atoms with Gasteiger partial charge in [-0.1, -0.05) is 127 Å². The van der Waals surface area contributed by atoms with Gasteiger partial charge in [0.2, 0.25) is 0 Å². The Labute approximate surface area is 233 Å². The molecule has 0 radical (unpaired) electrons. The number of furan rings is 1. The molecule has 39 heavy (non-hydrogen) atoms. The second kappa shape index (κ2) is 8.72. The molecule has 0 fully saturated rings. The first-order valence-corrected chi connectivity index (χ1v) is 13.0. The minimum Gasteiger partial charge on any atom is -0.455 e. The van der Waals surface area contributed by atoms with Crippen molar-refractivity contribution < 1.29 is 11.3 Å². The van der Waals surface area contributed by atoms with Gasteiger partial charge in [0.15, 0.2) is 0 Å². The van der Waals surface area contributed by atoms with E-state index in [4.69, 9.17) is 11.3 Å². The molecule has 0 aliphatic heterocycles. The molecular weight excluding hydrogens is 472 g/mol. The second-order valence-corrected chi connectivity index (χ2v) is 9.71. The van der Waals surface area contributed by atoms with Gasteiger partial charge in [-0.25, -0.2) is 0 Å². The molecule has 0 aliphatic carbocycles. The van der Waals surface area contributed by atoms with E-state index in [1.54, 1.807) is 0 Å². The van der Waals surface area contributed by atoms with Crippen LogP contribution in [0.5, 0.6) is 0 Å². The molecule has 0 aliphatic rings. The molecule has 182 valence electrons. The van der Waals surface area contributed by atoms with Crippen molar-refractivity contribution in [2.45, 2.75) is 0 Å². The van der Waals surface area contributed by atoms with Crippen molar-refractivity contribution in [1.29, 1.82) is 0 Å². The summed E-state index contributed by atoms with van der Waals surface area (Å²) in [7, 11) is 0. The van der Waals surface area contributed by atoms with E-state index in [0.717, 1.165) is 54.6 Å². The zero-order valence-electron chi connectivity index (χ0n) is 25.9. The number of rotatable bonds is 3. The molecule has 0 saturated heterocycles. The fourth-order valence-corrected chi connectivity index (χ4v) is 5.90. The van der Waals surface area contributed by atoms with Crippen LogP contribution in [0.2, 0.25) is 0 Å². The van der Waals surface area contributed by atoms with Crippen molar-refractivity contribution >= 4 is 43.5 Å². The van der Waals surface area contributed by atoms with E-state index < -0.39 is 6.04 Å². The molecule has 8 aromatic rings. The zero-order chi connectivity index (χ0) is 30.1. The molecular formula is C38H24O. The molecule has 1 heteroatoms. The predicted octanol–water partition coefficient (Wildman–Crippen LogP) is 10.9. The maximum absolute atomic E-state index is 8.83. The Morgan fingerprint density at radius 3 is 1.62 bits per heavy atom. The predicted molar refractivity (Wildman–Crippen MR) is 165 cm³/mol. The van der Waals surface area contributed by atoms with Crippen LogP contribution in [0.25, 0.3) is 76.9 Å². The fraction of sp³-hybridized carbons (Fsp3) is 0. The van der Waals surface area contributed by atoms with Crippen molar-refractivity contribution in [1.82, 2.24) is 0 Å². The van der Waals surface area contributed by atoms with Gasteiger partial charge in [-0.3, -0.25) is 0 Å². The Kier molecular flexibility index (Phi) is 3.89. The van der Waals surface area contributed by atoms with Crippen molar-refractivity contribution in [3.05, 3.63) is 145 Å². The smallest absolute Gasteiger partial charge is 0.143 e. The van der Waals surface area contributed by atoms with Gasteiger partial charge in [0.1, 0.15) is 11.2 Å². The molecule has 8 rings (SSSR count). The minimum atomic E-state index is -0.422. The summed E-state index contributed by atoms with van der Waals surface area (Å²) >= 11 is 0. The van der Waals surface area contributed by atoms with E-state index in [9.17, 15) is 0 Å². The summed E-state index contributed by atoms with van der Waals surface area (Å²) in [5.41, 5.74) is 5.91. The number of benzene rings is 7. The van der Waals surface area contributed by atoms with Crippen LogP contribution in [0.15, 0.2) is 150 Å². The van der Waals surface area contributed by atoms with Gasteiger partial charge in [0.05, 0.1) is 6.85 Å². The highest BCUT2D eigenvalue weighted by Gasteiger charge is 2.20. The summed E-state index contributed by atoms with van der Waals surface area (Å²) < 4.78 is 49.0. The van der Waals surface area contributed by atoms with Gasteiger partial charge in [-0.15, -0.1) is 0 Å². The van der Waals surface area contributed by atoms with Crippen LogP contribution >= 0.6 is 0 Å². The lowest BCUT2D eigenvalue weighted by molar-refractivity contribution is 0.670. The summed E-state index contributed by atoms with van der Waals surface area (Å²) in [6.45, 7) is 0. The molecule has 1 aromatic heterocycles. The molecule has 0 amide bonds. The van der Waals surface area contributed by atoms with Crippen molar-refractivity contribution in [3.8, 4) is 33.4 Å². The van der Waals surface area contributed by atoms with Gasteiger partial charge < -0.3 is 4.42 Å². The van der Waals surface area contributed by atoms with E-state index in [1.165, 1.54) is 0 Å². The van der Waals surface area contributed by atoms with Crippen LogP contribution in [0.4, 0.5) is 0 Å². The highest BCUT2D eigenvalue weighted by molar-refractivity contribution is 6.22. The third kappa shape index (κ3) is 3.41. The van der Waals surface area contributed by atoms with Crippen LogP contribution in [-0.4, -0.2) is 0 Å². The summed E-state index contributed by atoms with van der Waals surface area (Å²) in [6, 6.07) is 37.2. The van der Waals surface area contributed by atoms with E-state index in [-0.39, 0.29) is 29.7 Å². The average Bonchev–Trinajstić information content (AvgIpc) is 3.44. The molecule has 0 atom stereocenters. The van der Waals surface area contributed by atoms with Crippen LogP contribution < -0.4 is 0 Å². The molecule has 0 spiro atoms.